The number of carbonyl (C=O) groups is 4. The van der Waals surface area contributed by atoms with Crippen LogP contribution in [0.4, 0.5) is 11.4 Å². The normalized spacial score (nSPS) is 10.4. The van der Waals surface area contributed by atoms with Gasteiger partial charge in [-0.15, -0.1) is 11.3 Å². The zero-order chi connectivity index (χ0) is 22.5. The number of ketones is 1. The number of anilines is 2. The molecule has 0 aliphatic heterocycles. The van der Waals surface area contributed by atoms with Crippen LogP contribution in [0.3, 0.4) is 0 Å². The highest BCUT2D eigenvalue weighted by Gasteiger charge is 2.24. The molecule has 0 radical (unpaired) electrons. The zero-order valence-corrected chi connectivity index (χ0v) is 18.0. The molecule has 0 atom stereocenters. The van der Waals surface area contributed by atoms with Gasteiger partial charge >= 0.3 is 5.97 Å². The Morgan fingerprint density at radius 1 is 1.06 bits per heavy atom. The molecule has 0 unspecified atom stereocenters. The van der Waals surface area contributed by atoms with Gasteiger partial charge in [0.1, 0.15) is 0 Å². The van der Waals surface area contributed by atoms with E-state index in [0.717, 1.165) is 0 Å². The van der Waals surface area contributed by atoms with Crippen molar-refractivity contribution < 1.29 is 23.9 Å². The summed E-state index contributed by atoms with van der Waals surface area (Å²) in [5.74, 6) is -1.51. The molecule has 0 aliphatic carbocycles. The molecule has 0 saturated heterocycles. The monoisotopic (exact) mass is 439 g/mol. The number of benzene rings is 1. The van der Waals surface area contributed by atoms with E-state index < -0.39 is 11.9 Å². The van der Waals surface area contributed by atoms with E-state index in [9.17, 15) is 19.2 Å². The standard InChI is InChI=1S/C22H21N3O5S/c1-12-19(22(29)30-3)16(25-20(12)13(2)26)11-18(27)23-14-6-4-7-15(10-14)24-21(28)17-8-5-9-31-17/h4-10,25H,11H2,1-3H3,(H,23,27)(H,24,28). The fraction of sp³-hybridized carbons (Fsp3) is 0.182. The molecule has 160 valence electrons. The van der Waals surface area contributed by atoms with Crippen molar-refractivity contribution in [3.05, 3.63) is 69.2 Å². The van der Waals surface area contributed by atoms with Gasteiger partial charge in [-0.1, -0.05) is 12.1 Å². The Labute approximate surface area is 182 Å². The van der Waals surface area contributed by atoms with E-state index in [0.29, 0.717) is 27.5 Å². The van der Waals surface area contributed by atoms with Gasteiger partial charge in [0.2, 0.25) is 5.91 Å². The number of hydrogen-bond acceptors (Lipinski definition) is 6. The molecule has 9 heteroatoms. The highest BCUT2D eigenvalue weighted by atomic mass is 32.1. The first-order chi connectivity index (χ1) is 14.8. The van der Waals surface area contributed by atoms with E-state index in [1.165, 1.54) is 25.4 Å². The minimum atomic E-state index is -0.623. The third-order valence-corrected chi connectivity index (χ3v) is 5.42. The Kier molecular flexibility index (Phi) is 6.66. The Hall–Kier alpha value is -3.72. The van der Waals surface area contributed by atoms with Gasteiger partial charge in [-0.2, -0.15) is 0 Å². The van der Waals surface area contributed by atoms with Gasteiger partial charge in [0.15, 0.2) is 5.78 Å². The first-order valence-corrected chi connectivity index (χ1v) is 10.2. The number of H-pyrrole nitrogens is 1. The summed E-state index contributed by atoms with van der Waals surface area (Å²) >= 11 is 1.33. The van der Waals surface area contributed by atoms with Crippen LogP contribution in [0.5, 0.6) is 0 Å². The molecule has 2 aromatic heterocycles. The Morgan fingerprint density at radius 3 is 2.39 bits per heavy atom. The summed E-state index contributed by atoms with van der Waals surface area (Å²) in [4.78, 5) is 52.2. The third-order valence-electron chi connectivity index (χ3n) is 4.56. The van der Waals surface area contributed by atoms with Crippen molar-refractivity contribution in [3.63, 3.8) is 0 Å². The lowest BCUT2D eigenvalue weighted by molar-refractivity contribution is -0.115. The highest BCUT2D eigenvalue weighted by molar-refractivity contribution is 7.12. The number of nitrogens with one attached hydrogen (secondary N) is 3. The first-order valence-electron chi connectivity index (χ1n) is 9.35. The van der Waals surface area contributed by atoms with E-state index in [4.69, 9.17) is 4.74 Å². The van der Waals surface area contributed by atoms with Crippen LogP contribution in [-0.2, 0) is 16.0 Å². The van der Waals surface area contributed by atoms with Crippen molar-refractivity contribution in [3.8, 4) is 0 Å². The largest absolute Gasteiger partial charge is 0.465 e. The number of Topliss-reactive ketones (excluding diaryl/α,β-unsaturated/α-hetero) is 1. The molecule has 0 saturated carbocycles. The van der Waals surface area contributed by atoms with Crippen LogP contribution >= 0.6 is 11.3 Å². The van der Waals surface area contributed by atoms with Crippen molar-refractivity contribution >= 4 is 46.3 Å². The second kappa shape index (κ2) is 9.40. The van der Waals surface area contributed by atoms with E-state index in [1.807, 2.05) is 5.38 Å². The van der Waals surface area contributed by atoms with Gasteiger partial charge in [-0.3, -0.25) is 14.4 Å². The molecule has 3 aromatic rings. The number of esters is 1. The maximum atomic E-state index is 12.6. The molecule has 8 nitrogen and oxygen atoms in total. The molecule has 0 spiro atoms. The van der Waals surface area contributed by atoms with Gasteiger partial charge in [0.25, 0.3) is 5.91 Å². The van der Waals surface area contributed by atoms with Gasteiger partial charge in [0.05, 0.1) is 29.7 Å². The molecule has 1 aromatic carbocycles. The molecule has 0 bridgehead atoms. The van der Waals surface area contributed by atoms with Gasteiger partial charge in [0, 0.05) is 24.0 Å². The minimum Gasteiger partial charge on any atom is -0.465 e. The average Bonchev–Trinajstić information content (AvgIpc) is 3.36. The van der Waals surface area contributed by atoms with Gasteiger partial charge in [-0.25, -0.2) is 4.79 Å². The number of hydrogen-bond donors (Lipinski definition) is 3. The molecule has 0 fully saturated rings. The van der Waals surface area contributed by atoms with Crippen molar-refractivity contribution in [1.82, 2.24) is 4.98 Å². The SMILES string of the molecule is COC(=O)c1c(CC(=O)Nc2cccc(NC(=O)c3cccs3)c2)[nH]c(C(C)=O)c1C. The Bertz CT molecular complexity index is 1150. The van der Waals surface area contributed by atoms with Crippen LogP contribution in [0.1, 0.15) is 48.7 Å². The van der Waals surface area contributed by atoms with Crippen LogP contribution in [0.25, 0.3) is 0 Å². The maximum Gasteiger partial charge on any atom is 0.339 e. The molecule has 2 amide bonds. The molecule has 3 rings (SSSR count). The van der Waals surface area contributed by atoms with Gasteiger partial charge < -0.3 is 20.4 Å². The zero-order valence-electron chi connectivity index (χ0n) is 17.2. The van der Waals surface area contributed by atoms with E-state index >= 15 is 0 Å². The lowest BCUT2D eigenvalue weighted by Gasteiger charge is -2.09. The molecular weight excluding hydrogens is 418 g/mol. The molecule has 31 heavy (non-hydrogen) atoms. The van der Waals surface area contributed by atoms with E-state index in [1.54, 1.807) is 43.3 Å². The van der Waals surface area contributed by atoms with Crippen LogP contribution in [0.15, 0.2) is 41.8 Å². The number of thiophene rings is 1. The minimum absolute atomic E-state index is 0.162. The summed E-state index contributed by atoms with van der Waals surface area (Å²) in [6.45, 7) is 3.00. The number of aromatic nitrogens is 1. The number of methoxy groups -OCH3 is 1. The van der Waals surface area contributed by atoms with Crippen molar-refractivity contribution in [2.75, 3.05) is 17.7 Å². The molecule has 2 heterocycles. The third kappa shape index (κ3) is 5.07. The average molecular weight is 439 g/mol. The topological polar surface area (TPSA) is 117 Å². The number of ether oxygens (including phenoxy) is 1. The highest BCUT2D eigenvalue weighted by Crippen LogP contribution is 2.22. The Balaban J connectivity index is 1.74. The summed E-state index contributed by atoms with van der Waals surface area (Å²) in [5, 5.41) is 7.33. The molecule has 3 N–H and O–H groups in total. The maximum absolute atomic E-state index is 12.6. The fourth-order valence-electron chi connectivity index (χ4n) is 3.16. The summed E-state index contributed by atoms with van der Waals surface area (Å²) in [7, 11) is 1.24. The van der Waals surface area contributed by atoms with E-state index in [2.05, 4.69) is 15.6 Å². The molecular formula is C22H21N3O5S. The lowest BCUT2D eigenvalue weighted by Crippen LogP contribution is -2.17. The number of amides is 2. The van der Waals surface area contributed by atoms with Crippen LogP contribution in [-0.4, -0.2) is 35.7 Å². The van der Waals surface area contributed by atoms with E-state index in [-0.39, 0.29) is 29.4 Å². The van der Waals surface area contributed by atoms with Crippen LogP contribution in [0.2, 0.25) is 0 Å². The number of aromatic amines is 1. The summed E-state index contributed by atoms with van der Waals surface area (Å²) in [6, 6.07) is 10.2. The number of carbonyl (C=O) groups excluding carboxylic acids is 4. The molecule has 0 aliphatic rings. The van der Waals surface area contributed by atoms with Crippen molar-refractivity contribution in [2.24, 2.45) is 0 Å². The quantitative estimate of drug-likeness (QED) is 0.382. The lowest BCUT2D eigenvalue weighted by atomic mass is 10.1. The van der Waals surface area contributed by atoms with Crippen LogP contribution < -0.4 is 10.6 Å². The number of rotatable bonds is 7. The van der Waals surface area contributed by atoms with Crippen molar-refractivity contribution in [1.29, 1.82) is 0 Å². The smallest absolute Gasteiger partial charge is 0.339 e. The van der Waals surface area contributed by atoms with Crippen molar-refractivity contribution in [2.45, 2.75) is 20.3 Å². The summed E-state index contributed by atoms with van der Waals surface area (Å²) < 4.78 is 4.79. The second-order valence-electron chi connectivity index (χ2n) is 6.76. The Morgan fingerprint density at radius 2 is 1.77 bits per heavy atom. The summed E-state index contributed by atoms with van der Waals surface area (Å²) in [5.41, 5.74) is 2.20. The predicted octanol–water partition coefficient (Wildman–Crippen LogP) is 3.81. The summed E-state index contributed by atoms with van der Waals surface area (Å²) in [6.07, 6.45) is -0.162. The second-order valence-corrected chi connectivity index (χ2v) is 7.71. The first kappa shape index (κ1) is 22.0. The predicted molar refractivity (Wildman–Crippen MR) is 118 cm³/mol. The van der Waals surface area contributed by atoms with Gasteiger partial charge in [-0.05, 0) is 42.1 Å². The van der Waals surface area contributed by atoms with Crippen LogP contribution in [0, 0.1) is 6.92 Å². The fourth-order valence-corrected chi connectivity index (χ4v) is 3.78.